The zero-order chi connectivity index (χ0) is 24.9. The SMILES string of the molecule is O=C(N[C@@H]1c2cc(CNCCc3ccc(F)cc3)ccc2C[C@H]1O)c1ccc(-c2ccccc2)cc1. The maximum atomic E-state index is 13.1. The van der Waals surface area contributed by atoms with Crippen LogP contribution in [0.4, 0.5) is 4.39 Å². The maximum Gasteiger partial charge on any atom is 0.251 e. The van der Waals surface area contributed by atoms with Crippen LogP contribution in [0.2, 0.25) is 0 Å². The van der Waals surface area contributed by atoms with Gasteiger partial charge in [0.2, 0.25) is 0 Å². The number of hydrogen-bond donors (Lipinski definition) is 3. The first kappa shape index (κ1) is 23.9. The van der Waals surface area contributed by atoms with E-state index < -0.39 is 12.1 Å². The molecule has 0 aliphatic heterocycles. The molecular formula is C31H29FN2O2. The fourth-order valence-electron chi connectivity index (χ4n) is 4.74. The van der Waals surface area contributed by atoms with Gasteiger partial charge < -0.3 is 15.7 Å². The Morgan fingerprint density at radius 3 is 2.31 bits per heavy atom. The first-order chi connectivity index (χ1) is 17.6. The molecule has 36 heavy (non-hydrogen) atoms. The minimum atomic E-state index is -0.658. The molecule has 0 unspecified atom stereocenters. The normalized spacial score (nSPS) is 16.5. The zero-order valence-electron chi connectivity index (χ0n) is 20.0. The number of carbonyl (C=O) groups excluding carboxylic acids is 1. The second-order valence-corrected chi connectivity index (χ2v) is 9.25. The highest BCUT2D eigenvalue weighted by molar-refractivity contribution is 5.95. The van der Waals surface area contributed by atoms with Crippen LogP contribution in [0.5, 0.6) is 0 Å². The Morgan fingerprint density at radius 1 is 0.861 bits per heavy atom. The minimum absolute atomic E-state index is 0.200. The molecule has 0 fully saturated rings. The second-order valence-electron chi connectivity index (χ2n) is 9.25. The first-order valence-electron chi connectivity index (χ1n) is 12.3. The molecule has 1 aliphatic rings. The number of fused-ring (bicyclic) bond motifs is 1. The number of carbonyl (C=O) groups is 1. The lowest BCUT2D eigenvalue weighted by atomic mass is 10.0. The summed E-state index contributed by atoms with van der Waals surface area (Å²) in [5.74, 6) is -0.424. The molecule has 4 aromatic rings. The Bertz CT molecular complexity index is 1320. The highest BCUT2D eigenvalue weighted by atomic mass is 19.1. The Hall–Kier alpha value is -3.80. The van der Waals surface area contributed by atoms with Crippen molar-refractivity contribution < 1.29 is 14.3 Å². The Morgan fingerprint density at radius 2 is 1.56 bits per heavy atom. The van der Waals surface area contributed by atoms with Crippen LogP contribution in [-0.2, 0) is 19.4 Å². The van der Waals surface area contributed by atoms with Gasteiger partial charge in [0.05, 0.1) is 12.1 Å². The summed E-state index contributed by atoms with van der Waals surface area (Å²) in [6.07, 6.45) is 0.672. The molecule has 1 aliphatic carbocycles. The molecule has 0 heterocycles. The van der Waals surface area contributed by atoms with E-state index in [1.54, 1.807) is 12.1 Å². The van der Waals surface area contributed by atoms with Crippen molar-refractivity contribution in [2.24, 2.45) is 0 Å². The van der Waals surface area contributed by atoms with Crippen LogP contribution in [-0.4, -0.2) is 23.7 Å². The quantitative estimate of drug-likeness (QED) is 0.303. The molecule has 0 saturated heterocycles. The minimum Gasteiger partial charge on any atom is -0.390 e. The summed E-state index contributed by atoms with van der Waals surface area (Å²) in [4.78, 5) is 13.0. The molecular weight excluding hydrogens is 451 g/mol. The molecule has 0 bridgehead atoms. The second kappa shape index (κ2) is 10.9. The smallest absolute Gasteiger partial charge is 0.251 e. The lowest BCUT2D eigenvalue weighted by molar-refractivity contribution is 0.0858. The third-order valence-corrected chi connectivity index (χ3v) is 6.73. The number of halogens is 1. The van der Waals surface area contributed by atoms with Crippen molar-refractivity contribution in [2.45, 2.75) is 31.5 Å². The summed E-state index contributed by atoms with van der Waals surface area (Å²) < 4.78 is 13.1. The molecule has 0 saturated carbocycles. The highest BCUT2D eigenvalue weighted by Crippen LogP contribution is 2.32. The van der Waals surface area contributed by atoms with Crippen molar-refractivity contribution in [1.29, 1.82) is 0 Å². The van der Waals surface area contributed by atoms with Gasteiger partial charge in [-0.2, -0.15) is 0 Å². The highest BCUT2D eigenvalue weighted by Gasteiger charge is 2.32. The van der Waals surface area contributed by atoms with Crippen LogP contribution >= 0.6 is 0 Å². The van der Waals surface area contributed by atoms with E-state index in [1.807, 2.05) is 60.7 Å². The molecule has 0 aromatic heterocycles. The molecule has 0 radical (unpaired) electrons. The summed E-state index contributed by atoms with van der Waals surface area (Å²) in [6, 6.07) is 29.8. The Kier molecular flexibility index (Phi) is 7.21. The van der Waals surface area contributed by atoms with Gasteiger partial charge in [-0.05, 0) is 70.6 Å². The van der Waals surface area contributed by atoms with E-state index in [4.69, 9.17) is 0 Å². The summed E-state index contributed by atoms with van der Waals surface area (Å²) >= 11 is 0. The fourth-order valence-corrected chi connectivity index (χ4v) is 4.74. The predicted molar refractivity (Wildman–Crippen MR) is 140 cm³/mol. The molecule has 0 spiro atoms. The zero-order valence-corrected chi connectivity index (χ0v) is 20.0. The number of hydrogen-bond acceptors (Lipinski definition) is 3. The van der Waals surface area contributed by atoms with Crippen LogP contribution < -0.4 is 10.6 Å². The van der Waals surface area contributed by atoms with Gasteiger partial charge in [-0.3, -0.25) is 4.79 Å². The lowest BCUT2D eigenvalue weighted by Gasteiger charge is -2.19. The van der Waals surface area contributed by atoms with Crippen LogP contribution in [0, 0.1) is 5.82 Å². The summed E-state index contributed by atoms with van der Waals surface area (Å²) in [5.41, 5.74) is 6.91. The third-order valence-electron chi connectivity index (χ3n) is 6.73. The average Bonchev–Trinajstić information content (AvgIpc) is 3.22. The van der Waals surface area contributed by atoms with Crippen molar-refractivity contribution in [3.63, 3.8) is 0 Å². The molecule has 5 heteroatoms. The molecule has 4 nitrogen and oxygen atoms in total. The van der Waals surface area contributed by atoms with Gasteiger partial charge in [-0.25, -0.2) is 4.39 Å². The van der Waals surface area contributed by atoms with Crippen molar-refractivity contribution in [2.75, 3.05) is 6.54 Å². The van der Waals surface area contributed by atoms with E-state index in [-0.39, 0.29) is 11.7 Å². The Labute approximate surface area is 210 Å². The predicted octanol–water partition coefficient (Wildman–Crippen LogP) is 5.21. The van der Waals surface area contributed by atoms with Gasteiger partial charge in [0.15, 0.2) is 0 Å². The number of aliphatic hydroxyl groups excluding tert-OH is 1. The van der Waals surface area contributed by atoms with Gasteiger partial charge in [-0.15, -0.1) is 0 Å². The largest absolute Gasteiger partial charge is 0.390 e. The maximum absolute atomic E-state index is 13.1. The molecule has 2 atom stereocenters. The topological polar surface area (TPSA) is 61.4 Å². The van der Waals surface area contributed by atoms with Crippen LogP contribution in [0.25, 0.3) is 11.1 Å². The lowest BCUT2D eigenvalue weighted by Crippen LogP contribution is -2.33. The van der Waals surface area contributed by atoms with E-state index in [0.717, 1.165) is 46.3 Å². The number of aliphatic hydroxyl groups is 1. The van der Waals surface area contributed by atoms with E-state index in [9.17, 15) is 14.3 Å². The molecule has 5 rings (SSSR count). The van der Waals surface area contributed by atoms with Crippen molar-refractivity contribution in [3.8, 4) is 11.1 Å². The summed E-state index contributed by atoms with van der Waals surface area (Å²) in [7, 11) is 0. The van der Waals surface area contributed by atoms with Gasteiger partial charge in [0, 0.05) is 18.5 Å². The van der Waals surface area contributed by atoms with E-state index in [2.05, 4.69) is 22.8 Å². The van der Waals surface area contributed by atoms with E-state index >= 15 is 0 Å². The van der Waals surface area contributed by atoms with Gasteiger partial charge in [0.25, 0.3) is 5.91 Å². The number of rotatable bonds is 8. The Balaban J connectivity index is 1.21. The molecule has 182 valence electrons. The van der Waals surface area contributed by atoms with E-state index in [0.29, 0.717) is 18.5 Å². The van der Waals surface area contributed by atoms with E-state index in [1.165, 1.54) is 12.1 Å². The molecule has 3 N–H and O–H groups in total. The van der Waals surface area contributed by atoms with Gasteiger partial charge in [-0.1, -0.05) is 72.8 Å². The van der Waals surface area contributed by atoms with Crippen molar-refractivity contribution in [3.05, 3.63) is 131 Å². The summed E-state index contributed by atoms with van der Waals surface area (Å²) in [5, 5.41) is 17.2. The molecule has 4 aromatic carbocycles. The molecule has 1 amide bonds. The van der Waals surface area contributed by atoms with Crippen molar-refractivity contribution in [1.82, 2.24) is 10.6 Å². The number of benzene rings is 4. The third kappa shape index (κ3) is 5.54. The number of amides is 1. The van der Waals surface area contributed by atoms with Gasteiger partial charge >= 0.3 is 0 Å². The standard InChI is InChI=1S/C31H29FN2O2/c32-27-14-7-21(8-15-27)16-17-33-20-22-6-9-26-19-29(35)30(28(26)18-22)34-31(36)25-12-10-24(11-13-25)23-4-2-1-3-5-23/h1-15,18,29-30,33,35H,16-17,19-20H2,(H,34,36)/t29-,30-/m1/s1. The average molecular weight is 481 g/mol. The van der Waals surface area contributed by atoms with Crippen LogP contribution in [0.15, 0.2) is 97.1 Å². The van der Waals surface area contributed by atoms with Crippen LogP contribution in [0.3, 0.4) is 0 Å². The van der Waals surface area contributed by atoms with Crippen LogP contribution in [0.1, 0.15) is 38.7 Å². The monoisotopic (exact) mass is 480 g/mol. The van der Waals surface area contributed by atoms with Gasteiger partial charge in [0.1, 0.15) is 5.82 Å². The fraction of sp³-hybridized carbons (Fsp3) is 0.194. The number of nitrogens with one attached hydrogen (secondary N) is 2. The summed E-state index contributed by atoms with van der Waals surface area (Å²) in [6.45, 7) is 1.44. The van der Waals surface area contributed by atoms with Crippen molar-refractivity contribution >= 4 is 5.91 Å². The first-order valence-corrected chi connectivity index (χ1v) is 12.3.